The highest BCUT2D eigenvalue weighted by atomic mass is 32.2. The molecule has 7 rings (SSSR count). The standard InChI is InChI=1S/C51H66N4O8SSi2/c1-35-19-29-41(30-20-35)64(56,57)62-44-43(33-60-65(10,11)49(2,3)4)61-48(45(44)63-66(12,13)50(5,6)7)55-32-31-42-46(52-34-53-47(42)55)54-51(36-17-15-14-16-18-36,37-21-25-39(58-8)26-22-37)38-23-27-40(59-9)28-24-38/h14-32,34,43-45,48H,33H2,1-13H3,(H,52,53,54)/t43-,44-,45-,48-/m1/s1. The van der Waals surface area contributed by atoms with E-state index in [2.05, 4.69) is 109 Å². The van der Waals surface area contributed by atoms with Crippen LogP contribution in [-0.2, 0) is 33.4 Å². The van der Waals surface area contributed by atoms with Crippen molar-refractivity contribution >= 4 is 43.6 Å². The van der Waals surface area contributed by atoms with Gasteiger partial charge in [0.2, 0.25) is 0 Å². The summed E-state index contributed by atoms with van der Waals surface area (Å²) in [4.78, 5) is 9.86. The number of anilines is 1. The third-order valence-corrected chi connectivity index (χ3v) is 24.1. The van der Waals surface area contributed by atoms with E-state index in [0.717, 1.165) is 33.8 Å². The number of nitrogens with one attached hydrogen (secondary N) is 1. The highest BCUT2D eigenvalue weighted by Gasteiger charge is 2.54. The summed E-state index contributed by atoms with van der Waals surface area (Å²) in [6.45, 7) is 23.6. The molecule has 6 aromatic rings. The minimum Gasteiger partial charge on any atom is -0.497 e. The van der Waals surface area contributed by atoms with Crippen LogP contribution in [0.4, 0.5) is 5.82 Å². The van der Waals surface area contributed by atoms with Gasteiger partial charge in [-0.05, 0) is 102 Å². The van der Waals surface area contributed by atoms with Crippen molar-refractivity contribution in [2.45, 2.75) is 120 Å². The molecule has 2 aromatic heterocycles. The lowest BCUT2D eigenvalue weighted by atomic mass is 9.77. The van der Waals surface area contributed by atoms with Crippen LogP contribution in [0.3, 0.4) is 0 Å². The molecule has 4 aromatic carbocycles. The maximum absolute atomic E-state index is 14.3. The van der Waals surface area contributed by atoms with Crippen LogP contribution in [-0.4, -0.2) is 78.7 Å². The second-order valence-electron chi connectivity index (χ2n) is 20.2. The summed E-state index contributed by atoms with van der Waals surface area (Å²) < 4.78 is 69.3. The van der Waals surface area contributed by atoms with Gasteiger partial charge in [0.1, 0.15) is 53.1 Å². The van der Waals surface area contributed by atoms with Gasteiger partial charge in [0.15, 0.2) is 22.9 Å². The summed E-state index contributed by atoms with van der Waals surface area (Å²) >= 11 is 0. The predicted molar refractivity (Wildman–Crippen MR) is 266 cm³/mol. The summed E-state index contributed by atoms with van der Waals surface area (Å²) in [5.74, 6) is 2.01. The molecule has 0 radical (unpaired) electrons. The van der Waals surface area contributed by atoms with E-state index in [9.17, 15) is 8.42 Å². The summed E-state index contributed by atoms with van der Waals surface area (Å²) in [5.41, 5.74) is 3.35. The van der Waals surface area contributed by atoms with Crippen molar-refractivity contribution in [2.75, 3.05) is 26.1 Å². The first-order valence-corrected chi connectivity index (χ1v) is 29.7. The quantitative estimate of drug-likeness (QED) is 0.0565. The van der Waals surface area contributed by atoms with E-state index >= 15 is 0 Å². The monoisotopic (exact) mass is 950 g/mol. The average Bonchev–Trinajstić information content (AvgIpc) is 3.85. The van der Waals surface area contributed by atoms with Crippen LogP contribution < -0.4 is 14.8 Å². The number of nitrogens with zero attached hydrogens (tertiary/aromatic N) is 3. The van der Waals surface area contributed by atoms with Gasteiger partial charge in [-0.2, -0.15) is 8.42 Å². The lowest BCUT2D eigenvalue weighted by molar-refractivity contribution is -0.0462. The minimum absolute atomic E-state index is 0.0529. The normalized spacial score (nSPS) is 18.7. The lowest BCUT2D eigenvalue weighted by Crippen LogP contribution is -2.50. The molecule has 1 aliphatic rings. The van der Waals surface area contributed by atoms with Gasteiger partial charge in [0, 0.05) is 6.20 Å². The number of fused-ring (bicyclic) bond motifs is 1. The maximum Gasteiger partial charge on any atom is 0.297 e. The van der Waals surface area contributed by atoms with Crippen molar-refractivity contribution in [3.63, 3.8) is 0 Å². The first kappa shape index (κ1) is 49.0. The molecular formula is C51H66N4O8SSi2. The molecule has 1 saturated heterocycles. The van der Waals surface area contributed by atoms with E-state index in [-0.39, 0.29) is 21.6 Å². The van der Waals surface area contributed by atoms with E-state index < -0.39 is 56.8 Å². The van der Waals surface area contributed by atoms with Gasteiger partial charge in [-0.3, -0.25) is 4.18 Å². The fourth-order valence-corrected chi connectivity index (χ4v) is 11.2. The summed E-state index contributed by atoms with van der Waals surface area (Å²) in [6, 6.07) is 34.9. The van der Waals surface area contributed by atoms with E-state index in [4.69, 9.17) is 37.2 Å². The van der Waals surface area contributed by atoms with Crippen molar-refractivity contribution in [1.82, 2.24) is 14.5 Å². The van der Waals surface area contributed by atoms with Gasteiger partial charge in [-0.1, -0.05) is 114 Å². The Morgan fingerprint density at radius 1 is 0.697 bits per heavy atom. The third-order valence-electron chi connectivity index (χ3n) is 13.8. The number of methoxy groups -OCH3 is 2. The molecule has 15 heteroatoms. The third kappa shape index (κ3) is 9.75. The van der Waals surface area contributed by atoms with E-state index in [0.29, 0.717) is 16.9 Å². The molecular weight excluding hydrogens is 885 g/mol. The molecule has 352 valence electrons. The molecule has 1 N–H and O–H groups in total. The van der Waals surface area contributed by atoms with Crippen LogP contribution in [0, 0.1) is 6.92 Å². The topological polar surface area (TPSA) is 132 Å². The second kappa shape index (κ2) is 18.7. The highest BCUT2D eigenvalue weighted by molar-refractivity contribution is 7.86. The molecule has 1 fully saturated rings. The Morgan fingerprint density at radius 3 is 1.77 bits per heavy atom. The molecule has 3 heterocycles. The zero-order valence-electron chi connectivity index (χ0n) is 40.6. The van der Waals surface area contributed by atoms with Gasteiger partial charge < -0.3 is 32.9 Å². The number of benzene rings is 4. The summed E-state index contributed by atoms with van der Waals surface area (Å²) in [5, 5.41) is 4.28. The Balaban J connectivity index is 1.39. The molecule has 0 saturated carbocycles. The smallest absolute Gasteiger partial charge is 0.297 e. The van der Waals surface area contributed by atoms with Crippen LogP contribution >= 0.6 is 0 Å². The van der Waals surface area contributed by atoms with Crippen LogP contribution in [0.25, 0.3) is 11.0 Å². The van der Waals surface area contributed by atoms with Crippen LogP contribution in [0.2, 0.25) is 36.3 Å². The predicted octanol–water partition coefficient (Wildman–Crippen LogP) is 11.2. The molecule has 0 bridgehead atoms. The molecule has 0 spiro atoms. The van der Waals surface area contributed by atoms with E-state index in [1.807, 2.05) is 66.2 Å². The van der Waals surface area contributed by atoms with Gasteiger partial charge in [-0.25, -0.2) is 9.97 Å². The van der Waals surface area contributed by atoms with Crippen LogP contribution in [0.15, 0.2) is 127 Å². The SMILES string of the molecule is COc1ccc(C(Nc2ncnc3c2ccn3[C@@H]2O[C@H](CO[Si](C)(C)C(C)(C)C)[C@@H](OS(=O)(=O)c3ccc(C)cc3)[C@H]2O[Si](C)(C)C(C)(C)C)(c2ccccc2)c2ccc(OC)cc2)cc1. The Hall–Kier alpha value is -4.88. The van der Waals surface area contributed by atoms with Crippen LogP contribution in [0.5, 0.6) is 11.5 Å². The van der Waals surface area contributed by atoms with Gasteiger partial charge in [-0.15, -0.1) is 0 Å². The minimum atomic E-state index is -4.30. The number of aromatic nitrogens is 3. The first-order chi connectivity index (χ1) is 31.0. The van der Waals surface area contributed by atoms with Crippen molar-refractivity contribution in [2.24, 2.45) is 0 Å². The Kier molecular flexibility index (Phi) is 13.9. The Labute approximate surface area is 393 Å². The van der Waals surface area contributed by atoms with E-state index in [1.54, 1.807) is 38.5 Å². The maximum atomic E-state index is 14.3. The van der Waals surface area contributed by atoms with Crippen molar-refractivity contribution in [3.8, 4) is 11.5 Å². The molecule has 0 aliphatic carbocycles. The zero-order chi connectivity index (χ0) is 47.9. The first-order valence-electron chi connectivity index (χ1n) is 22.4. The highest BCUT2D eigenvalue weighted by Crippen LogP contribution is 2.47. The molecule has 0 unspecified atom stereocenters. The number of rotatable bonds is 16. The molecule has 0 amide bonds. The van der Waals surface area contributed by atoms with Gasteiger partial charge >= 0.3 is 0 Å². The molecule has 66 heavy (non-hydrogen) atoms. The van der Waals surface area contributed by atoms with E-state index in [1.165, 1.54) is 6.33 Å². The van der Waals surface area contributed by atoms with Gasteiger partial charge in [0.25, 0.3) is 10.1 Å². The summed E-state index contributed by atoms with van der Waals surface area (Å²) in [6.07, 6.45) is -0.216. The lowest BCUT2D eigenvalue weighted by Gasteiger charge is -2.40. The number of hydrogen-bond acceptors (Lipinski definition) is 11. The fraction of sp³-hybridized carbons (Fsp3) is 0.412. The molecule has 12 nitrogen and oxygen atoms in total. The Morgan fingerprint density at radius 2 is 1.24 bits per heavy atom. The second-order valence-corrected chi connectivity index (χ2v) is 31.3. The van der Waals surface area contributed by atoms with Crippen molar-refractivity contribution in [1.29, 1.82) is 0 Å². The Bertz CT molecular complexity index is 2650. The van der Waals surface area contributed by atoms with Crippen molar-refractivity contribution in [3.05, 3.63) is 144 Å². The fourth-order valence-electron chi connectivity index (χ4n) is 7.78. The summed E-state index contributed by atoms with van der Waals surface area (Å²) in [7, 11) is -5.99. The molecule has 4 atom stereocenters. The molecule has 1 aliphatic heterocycles. The number of aryl methyl sites for hydroxylation is 1. The zero-order valence-corrected chi connectivity index (χ0v) is 43.4. The number of ether oxygens (including phenoxy) is 3. The van der Waals surface area contributed by atoms with Crippen molar-refractivity contribution < 1.29 is 35.7 Å². The van der Waals surface area contributed by atoms with Crippen LogP contribution in [0.1, 0.15) is 70.0 Å². The average molecular weight is 951 g/mol. The largest absolute Gasteiger partial charge is 0.497 e. The van der Waals surface area contributed by atoms with Gasteiger partial charge in [0.05, 0.1) is 31.1 Å². The number of hydrogen-bond donors (Lipinski definition) is 1.